The topological polar surface area (TPSA) is 63.8 Å². The van der Waals surface area contributed by atoms with Crippen LogP contribution in [0.3, 0.4) is 0 Å². The third-order valence-corrected chi connectivity index (χ3v) is 2.87. The molecule has 0 bridgehead atoms. The summed E-state index contributed by atoms with van der Waals surface area (Å²) in [6.45, 7) is 0. The third kappa shape index (κ3) is 2.45. The van der Waals surface area contributed by atoms with Crippen molar-refractivity contribution in [3.8, 4) is 0 Å². The smallest absolute Gasteiger partial charge is 0.222 e. The minimum atomic E-state index is -1.52. The Morgan fingerprint density at radius 2 is 1.62 bits per heavy atom. The van der Waals surface area contributed by atoms with Gasteiger partial charge in [0, 0.05) is 23.2 Å². The number of halogens is 3. The van der Waals surface area contributed by atoms with Gasteiger partial charge in [-0.05, 0) is 12.1 Å². The van der Waals surface area contributed by atoms with Crippen LogP contribution < -0.4 is 11.1 Å². The van der Waals surface area contributed by atoms with Gasteiger partial charge in [-0.15, -0.1) is 0 Å². The highest BCUT2D eigenvalue weighted by Crippen LogP contribution is 2.26. The highest BCUT2D eigenvalue weighted by molar-refractivity contribution is 5.91. The van der Waals surface area contributed by atoms with Gasteiger partial charge < -0.3 is 11.1 Å². The van der Waals surface area contributed by atoms with Gasteiger partial charge in [0.25, 0.3) is 0 Å². The molecule has 3 rings (SSSR count). The summed E-state index contributed by atoms with van der Waals surface area (Å²) in [6, 6.07) is 8.67. The Labute approximate surface area is 117 Å². The van der Waals surface area contributed by atoms with E-state index in [0.29, 0.717) is 10.9 Å². The summed E-state index contributed by atoms with van der Waals surface area (Å²) in [6.07, 6.45) is 0. The van der Waals surface area contributed by atoms with E-state index in [0.717, 1.165) is 12.1 Å². The maximum atomic E-state index is 13.2. The maximum Gasteiger partial charge on any atom is 0.222 e. The molecule has 7 heteroatoms. The van der Waals surface area contributed by atoms with Crippen molar-refractivity contribution in [2.24, 2.45) is 0 Å². The SMILES string of the molecule is Nc1nc(Nc2cc(F)c(F)c(F)c2)c2ccccc2n1. The standard InChI is InChI=1S/C14H9F3N4/c15-9-5-7(6-10(16)12(9)17)19-13-8-3-1-2-4-11(8)20-14(18)21-13/h1-6H,(H3,18,19,20,21). The number of rotatable bonds is 2. The van der Waals surface area contributed by atoms with Gasteiger partial charge >= 0.3 is 0 Å². The molecule has 21 heavy (non-hydrogen) atoms. The largest absolute Gasteiger partial charge is 0.368 e. The average Bonchev–Trinajstić information content (AvgIpc) is 2.44. The van der Waals surface area contributed by atoms with Crippen molar-refractivity contribution in [1.82, 2.24) is 9.97 Å². The Kier molecular flexibility index (Phi) is 3.09. The number of nitrogens with zero attached hydrogens (tertiary/aromatic N) is 2. The summed E-state index contributed by atoms with van der Waals surface area (Å²) in [5.74, 6) is -3.80. The normalized spacial score (nSPS) is 10.8. The van der Waals surface area contributed by atoms with E-state index in [-0.39, 0.29) is 17.5 Å². The van der Waals surface area contributed by atoms with Crippen LogP contribution in [0.1, 0.15) is 0 Å². The van der Waals surface area contributed by atoms with Crippen LogP contribution in [0.15, 0.2) is 36.4 Å². The number of para-hydroxylation sites is 1. The molecule has 0 fully saturated rings. The van der Waals surface area contributed by atoms with E-state index >= 15 is 0 Å². The van der Waals surface area contributed by atoms with Gasteiger partial charge in [-0.25, -0.2) is 18.2 Å². The van der Waals surface area contributed by atoms with Crippen molar-refractivity contribution in [2.45, 2.75) is 0 Å². The molecule has 3 N–H and O–H groups in total. The average molecular weight is 290 g/mol. The second kappa shape index (κ2) is 4.93. The number of hydrogen-bond donors (Lipinski definition) is 2. The minimum absolute atomic E-state index is 0.0132. The molecule has 0 aliphatic heterocycles. The number of hydrogen-bond acceptors (Lipinski definition) is 4. The van der Waals surface area contributed by atoms with E-state index in [2.05, 4.69) is 15.3 Å². The molecule has 106 valence electrons. The van der Waals surface area contributed by atoms with Gasteiger partial charge in [0.05, 0.1) is 5.52 Å². The first-order valence-electron chi connectivity index (χ1n) is 5.98. The van der Waals surface area contributed by atoms with Crippen molar-refractivity contribution in [1.29, 1.82) is 0 Å². The molecule has 0 atom stereocenters. The van der Waals surface area contributed by atoms with Crippen LogP contribution >= 0.6 is 0 Å². The van der Waals surface area contributed by atoms with Crippen LogP contribution in [0.2, 0.25) is 0 Å². The first kappa shape index (κ1) is 13.2. The molecule has 0 aliphatic carbocycles. The summed E-state index contributed by atoms with van der Waals surface area (Å²) >= 11 is 0. The lowest BCUT2D eigenvalue weighted by Gasteiger charge is -2.10. The Balaban J connectivity index is 2.10. The number of anilines is 3. The predicted octanol–water partition coefficient (Wildman–Crippen LogP) is 3.37. The molecule has 4 nitrogen and oxygen atoms in total. The van der Waals surface area contributed by atoms with E-state index in [1.54, 1.807) is 24.3 Å². The number of nitrogens with two attached hydrogens (primary N) is 1. The van der Waals surface area contributed by atoms with Gasteiger partial charge in [0.2, 0.25) is 5.95 Å². The molecule has 0 spiro atoms. The Morgan fingerprint density at radius 3 is 2.33 bits per heavy atom. The molecule has 0 unspecified atom stereocenters. The molecule has 0 amide bonds. The zero-order chi connectivity index (χ0) is 15.0. The Morgan fingerprint density at radius 1 is 0.952 bits per heavy atom. The first-order valence-corrected chi connectivity index (χ1v) is 5.98. The zero-order valence-corrected chi connectivity index (χ0v) is 10.6. The van der Waals surface area contributed by atoms with Crippen molar-refractivity contribution in [2.75, 3.05) is 11.1 Å². The molecule has 2 aromatic carbocycles. The number of aromatic nitrogens is 2. The third-order valence-electron chi connectivity index (χ3n) is 2.87. The molecule has 0 aliphatic rings. The quantitative estimate of drug-likeness (QED) is 0.710. The predicted molar refractivity (Wildman–Crippen MR) is 73.5 cm³/mol. The highest BCUT2D eigenvalue weighted by atomic mass is 19.2. The monoisotopic (exact) mass is 290 g/mol. The number of nitrogens with one attached hydrogen (secondary N) is 1. The van der Waals surface area contributed by atoms with Crippen LogP contribution in [0, 0.1) is 17.5 Å². The van der Waals surface area contributed by atoms with E-state index in [1.165, 1.54) is 0 Å². The summed E-state index contributed by atoms with van der Waals surface area (Å²) in [5.41, 5.74) is 6.19. The summed E-state index contributed by atoms with van der Waals surface area (Å²) < 4.78 is 39.4. The van der Waals surface area contributed by atoms with Crippen molar-refractivity contribution < 1.29 is 13.2 Å². The first-order chi connectivity index (χ1) is 10.0. The second-order valence-electron chi connectivity index (χ2n) is 4.33. The minimum Gasteiger partial charge on any atom is -0.368 e. The fraction of sp³-hybridized carbons (Fsp3) is 0. The summed E-state index contributed by atoms with van der Waals surface area (Å²) in [4.78, 5) is 8.04. The van der Waals surface area contributed by atoms with Gasteiger partial charge in [-0.2, -0.15) is 4.98 Å². The highest BCUT2D eigenvalue weighted by Gasteiger charge is 2.12. The van der Waals surface area contributed by atoms with E-state index in [1.807, 2.05) is 0 Å². The Hall–Kier alpha value is -2.83. The lowest BCUT2D eigenvalue weighted by Crippen LogP contribution is -2.02. The molecule has 1 aromatic heterocycles. The molecule has 1 heterocycles. The summed E-state index contributed by atoms with van der Waals surface area (Å²) in [7, 11) is 0. The summed E-state index contributed by atoms with van der Waals surface area (Å²) in [5, 5.41) is 3.34. The molecular formula is C14H9F3N4. The second-order valence-corrected chi connectivity index (χ2v) is 4.33. The zero-order valence-electron chi connectivity index (χ0n) is 10.6. The molecular weight excluding hydrogens is 281 g/mol. The number of benzene rings is 2. The van der Waals surface area contributed by atoms with Crippen molar-refractivity contribution in [3.05, 3.63) is 53.8 Å². The van der Waals surface area contributed by atoms with Gasteiger partial charge in [0.1, 0.15) is 5.82 Å². The van der Waals surface area contributed by atoms with Crippen LogP contribution in [0.4, 0.5) is 30.6 Å². The Bertz CT molecular complexity index is 813. The van der Waals surface area contributed by atoms with Gasteiger partial charge in [-0.3, -0.25) is 0 Å². The van der Waals surface area contributed by atoms with Crippen LogP contribution in [0.25, 0.3) is 10.9 Å². The van der Waals surface area contributed by atoms with Crippen molar-refractivity contribution >= 4 is 28.4 Å². The fourth-order valence-electron chi connectivity index (χ4n) is 1.95. The van der Waals surface area contributed by atoms with Crippen LogP contribution in [-0.4, -0.2) is 9.97 Å². The van der Waals surface area contributed by atoms with Gasteiger partial charge in [-0.1, -0.05) is 12.1 Å². The van der Waals surface area contributed by atoms with Gasteiger partial charge in [0.15, 0.2) is 17.5 Å². The number of fused-ring (bicyclic) bond motifs is 1. The van der Waals surface area contributed by atoms with E-state index < -0.39 is 17.5 Å². The lowest BCUT2D eigenvalue weighted by atomic mass is 10.2. The molecule has 3 aromatic rings. The van der Waals surface area contributed by atoms with E-state index in [4.69, 9.17) is 5.73 Å². The molecule has 0 radical (unpaired) electrons. The van der Waals surface area contributed by atoms with Crippen LogP contribution in [0.5, 0.6) is 0 Å². The molecule has 0 saturated heterocycles. The lowest BCUT2D eigenvalue weighted by molar-refractivity contribution is 0.448. The number of nitrogen functional groups attached to an aromatic ring is 1. The van der Waals surface area contributed by atoms with Crippen molar-refractivity contribution in [3.63, 3.8) is 0 Å². The molecule has 0 saturated carbocycles. The fourth-order valence-corrected chi connectivity index (χ4v) is 1.95. The maximum absolute atomic E-state index is 13.2. The van der Waals surface area contributed by atoms with E-state index in [9.17, 15) is 13.2 Å². The van der Waals surface area contributed by atoms with Crippen LogP contribution in [-0.2, 0) is 0 Å².